The Bertz CT molecular complexity index is 1120. The van der Waals surface area contributed by atoms with Gasteiger partial charge in [0, 0.05) is 17.3 Å². The average molecular weight is 389 g/mol. The van der Waals surface area contributed by atoms with Crippen LogP contribution in [-0.2, 0) is 0 Å². The Balaban J connectivity index is 1.52. The Labute approximate surface area is 166 Å². The molecule has 3 heterocycles. The molecule has 0 aliphatic heterocycles. The molecular weight excluding hydrogens is 370 g/mol. The molecule has 0 aliphatic carbocycles. The first-order valence-electron chi connectivity index (χ1n) is 9.04. The number of carbonyl (C=O) groups excluding carboxylic acids is 1. The van der Waals surface area contributed by atoms with E-state index in [9.17, 15) is 4.79 Å². The van der Waals surface area contributed by atoms with Crippen LogP contribution in [0.15, 0.2) is 65.8 Å². The van der Waals surface area contributed by atoms with Crippen LogP contribution in [0.25, 0.3) is 11.5 Å². The van der Waals surface area contributed by atoms with Crippen molar-refractivity contribution in [2.75, 3.05) is 10.6 Å². The lowest BCUT2D eigenvalue weighted by molar-refractivity contribution is 0.102. The van der Waals surface area contributed by atoms with E-state index in [0.29, 0.717) is 34.5 Å². The molecule has 1 amide bonds. The molecule has 0 aliphatic rings. The van der Waals surface area contributed by atoms with Crippen molar-refractivity contribution in [3.63, 3.8) is 0 Å². The summed E-state index contributed by atoms with van der Waals surface area (Å²) in [4.78, 5) is 21.1. The zero-order valence-electron chi connectivity index (χ0n) is 15.9. The molecule has 2 N–H and O–H groups in total. The summed E-state index contributed by atoms with van der Waals surface area (Å²) in [6.07, 6.45) is 4.55. The molecule has 0 atom stereocenters. The number of pyridine rings is 1. The zero-order chi connectivity index (χ0) is 20.2. The molecule has 0 fully saturated rings. The van der Waals surface area contributed by atoms with Crippen molar-refractivity contribution >= 4 is 23.3 Å². The van der Waals surface area contributed by atoms with Crippen LogP contribution in [0.4, 0.5) is 17.4 Å². The van der Waals surface area contributed by atoms with Gasteiger partial charge in [0.25, 0.3) is 5.91 Å². The van der Waals surface area contributed by atoms with E-state index in [4.69, 9.17) is 4.42 Å². The number of rotatable bonds is 6. The van der Waals surface area contributed by atoms with Crippen molar-refractivity contribution in [2.45, 2.75) is 19.9 Å². The summed E-state index contributed by atoms with van der Waals surface area (Å²) >= 11 is 0. The third kappa shape index (κ3) is 4.13. The first-order valence-corrected chi connectivity index (χ1v) is 9.04. The fourth-order valence-electron chi connectivity index (χ4n) is 2.78. The maximum atomic E-state index is 12.7. The molecule has 0 unspecified atom stereocenters. The van der Waals surface area contributed by atoms with Crippen LogP contribution < -0.4 is 10.6 Å². The molecule has 4 rings (SSSR count). The van der Waals surface area contributed by atoms with Gasteiger partial charge in [-0.2, -0.15) is 0 Å². The van der Waals surface area contributed by atoms with Crippen LogP contribution in [0, 0.1) is 0 Å². The van der Waals surface area contributed by atoms with Gasteiger partial charge in [0.2, 0.25) is 5.88 Å². The van der Waals surface area contributed by atoms with E-state index < -0.39 is 0 Å². The molecule has 0 radical (unpaired) electrons. The van der Waals surface area contributed by atoms with Gasteiger partial charge >= 0.3 is 0 Å². The van der Waals surface area contributed by atoms with Gasteiger partial charge in [0.1, 0.15) is 17.8 Å². The Morgan fingerprint density at radius 3 is 2.83 bits per heavy atom. The Morgan fingerprint density at radius 2 is 2.03 bits per heavy atom. The quantitative estimate of drug-likeness (QED) is 0.514. The number of carbonyl (C=O) groups is 1. The monoisotopic (exact) mass is 389 g/mol. The Hall–Kier alpha value is -4.01. The minimum atomic E-state index is -0.277. The fraction of sp³-hybridized carbons (Fsp3) is 0.150. The number of nitrogens with one attached hydrogen (secondary N) is 2. The number of hydrogen-bond donors (Lipinski definition) is 2. The van der Waals surface area contributed by atoms with E-state index in [0.717, 1.165) is 0 Å². The highest BCUT2D eigenvalue weighted by Gasteiger charge is 2.13. The largest absolute Gasteiger partial charge is 0.428 e. The van der Waals surface area contributed by atoms with Crippen LogP contribution in [0.2, 0.25) is 0 Å². The van der Waals surface area contributed by atoms with Crippen LogP contribution in [0.5, 0.6) is 0 Å². The first-order chi connectivity index (χ1) is 14.1. The summed E-state index contributed by atoms with van der Waals surface area (Å²) in [7, 11) is 0. The van der Waals surface area contributed by atoms with Crippen LogP contribution in [0.3, 0.4) is 0 Å². The predicted octanol–water partition coefficient (Wildman–Crippen LogP) is 3.90. The lowest BCUT2D eigenvalue weighted by Gasteiger charge is -2.11. The normalized spacial score (nSPS) is 10.9. The molecule has 146 valence electrons. The van der Waals surface area contributed by atoms with Gasteiger partial charge in [-0.25, -0.2) is 9.97 Å². The van der Waals surface area contributed by atoms with Gasteiger partial charge in [-0.1, -0.05) is 12.1 Å². The molecule has 9 nitrogen and oxygen atoms in total. The third-order valence-corrected chi connectivity index (χ3v) is 4.17. The zero-order valence-corrected chi connectivity index (χ0v) is 15.9. The first kappa shape index (κ1) is 18.4. The highest BCUT2D eigenvalue weighted by molar-refractivity contribution is 6.04. The SMILES string of the molecule is CC(C)n1cnnc1-c1cccc(NC(=O)c2cccc(Nc3cnco3)c2)n1. The number of aromatic nitrogens is 5. The van der Waals surface area contributed by atoms with Gasteiger partial charge in [-0.15, -0.1) is 10.2 Å². The molecule has 1 aromatic carbocycles. The number of oxazole rings is 1. The summed E-state index contributed by atoms with van der Waals surface area (Å²) in [5.41, 5.74) is 1.82. The highest BCUT2D eigenvalue weighted by atomic mass is 16.4. The van der Waals surface area contributed by atoms with Gasteiger partial charge < -0.3 is 19.6 Å². The van der Waals surface area contributed by atoms with E-state index in [1.165, 1.54) is 6.39 Å². The molecular formula is C20H19N7O2. The predicted molar refractivity (Wildman–Crippen MR) is 108 cm³/mol. The molecule has 0 spiro atoms. The smallest absolute Gasteiger partial charge is 0.256 e. The Kier molecular flexibility index (Phi) is 5.02. The van der Waals surface area contributed by atoms with Crippen molar-refractivity contribution in [1.29, 1.82) is 0 Å². The number of benzene rings is 1. The van der Waals surface area contributed by atoms with Crippen molar-refractivity contribution < 1.29 is 9.21 Å². The number of amides is 1. The van der Waals surface area contributed by atoms with E-state index in [-0.39, 0.29) is 11.9 Å². The molecule has 9 heteroatoms. The third-order valence-electron chi connectivity index (χ3n) is 4.17. The van der Waals surface area contributed by atoms with Crippen molar-refractivity contribution in [2.24, 2.45) is 0 Å². The molecule has 3 aromatic heterocycles. The minimum Gasteiger partial charge on any atom is -0.428 e. The van der Waals surface area contributed by atoms with E-state index >= 15 is 0 Å². The van der Waals surface area contributed by atoms with Gasteiger partial charge in [-0.05, 0) is 44.2 Å². The molecule has 0 bridgehead atoms. The van der Waals surface area contributed by atoms with Crippen molar-refractivity contribution in [3.8, 4) is 11.5 Å². The second-order valence-electron chi connectivity index (χ2n) is 6.59. The summed E-state index contributed by atoms with van der Waals surface area (Å²) < 4.78 is 7.09. The maximum Gasteiger partial charge on any atom is 0.256 e. The lowest BCUT2D eigenvalue weighted by Crippen LogP contribution is -2.13. The molecule has 29 heavy (non-hydrogen) atoms. The highest BCUT2D eigenvalue weighted by Crippen LogP contribution is 2.21. The number of hydrogen-bond acceptors (Lipinski definition) is 7. The lowest BCUT2D eigenvalue weighted by atomic mass is 10.2. The fourth-order valence-corrected chi connectivity index (χ4v) is 2.78. The van der Waals surface area contributed by atoms with Gasteiger partial charge in [-0.3, -0.25) is 4.79 Å². The topological polar surface area (TPSA) is 111 Å². The number of nitrogens with zero attached hydrogens (tertiary/aromatic N) is 5. The summed E-state index contributed by atoms with van der Waals surface area (Å²) in [5.74, 6) is 1.29. The van der Waals surface area contributed by atoms with Crippen LogP contribution in [-0.4, -0.2) is 30.6 Å². The molecule has 4 aromatic rings. The summed E-state index contributed by atoms with van der Waals surface area (Å²) in [6, 6.07) is 12.6. The molecule has 0 saturated heterocycles. The van der Waals surface area contributed by atoms with E-state index in [2.05, 4.69) is 30.8 Å². The average Bonchev–Trinajstić information content (AvgIpc) is 3.40. The second-order valence-corrected chi connectivity index (χ2v) is 6.59. The second kappa shape index (κ2) is 7.93. The number of anilines is 3. The van der Waals surface area contributed by atoms with Crippen LogP contribution in [0.1, 0.15) is 30.2 Å². The van der Waals surface area contributed by atoms with Crippen LogP contribution >= 0.6 is 0 Å². The van der Waals surface area contributed by atoms with Gasteiger partial charge in [0.05, 0.1) is 6.20 Å². The summed E-state index contributed by atoms with van der Waals surface area (Å²) in [5, 5.41) is 14.0. The standard InChI is InChI=1S/C20H19N7O2/c1-13(2)27-11-22-26-19(27)16-7-4-8-17(24-16)25-20(28)14-5-3-6-15(9-14)23-18-10-21-12-29-18/h3-13,23H,1-2H3,(H,24,25,28). The minimum absolute atomic E-state index is 0.194. The van der Waals surface area contributed by atoms with Crippen molar-refractivity contribution in [3.05, 3.63) is 66.9 Å². The maximum absolute atomic E-state index is 12.7. The van der Waals surface area contributed by atoms with Gasteiger partial charge in [0.15, 0.2) is 12.2 Å². The van der Waals surface area contributed by atoms with E-state index in [1.807, 2.05) is 36.6 Å². The summed E-state index contributed by atoms with van der Waals surface area (Å²) in [6.45, 7) is 4.08. The molecule has 0 saturated carbocycles. The Morgan fingerprint density at radius 1 is 1.17 bits per heavy atom. The van der Waals surface area contributed by atoms with E-state index in [1.54, 1.807) is 36.8 Å². The van der Waals surface area contributed by atoms with Crippen molar-refractivity contribution in [1.82, 2.24) is 24.7 Å².